The van der Waals surface area contributed by atoms with Crippen molar-refractivity contribution in [3.05, 3.63) is 83.2 Å². The van der Waals surface area contributed by atoms with Crippen molar-refractivity contribution < 1.29 is 23.8 Å². The maximum absolute atomic E-state index is 14.8. The third-order valence-corrected chi connectivity index (χ3v) is 6.62. The summed E-state index contributed by atoms with van der Waals surface area (Å²) < 4.78 is 26.4. The van der Waals surface area contributed by atoms with Gasteiger partial charge in [-0.05, 0) is 70.8 Å². The van der Waals surface area contributed by atoms with Crippen LogP contribution in [0.1, 0.15) is 70.3 Å². The van der Waals surface area contributed by atoms with Crippen molar-refractivity contribution in [2.75, 3.05) is 7.11 Å². The minimum Gasteiger partial charge on any atom is -0.497 e. The van der Waals surface area contributed by atoms with E-state index in [1.807, 2.05) is 50.2 Å². The van der Waals surface area contributed by atoms with Crippen LogP contribution in [0.4, 0.5) is 4.39 Å². The second kappa shape index (κ2) is 10.5. The molecule has 0 spiro atoms. The number of rotatable bonds is 8. The molecule has 5 heteroatoms. The van der Waals surface area contributed by atoms with Gasteiger partial charge in [-0.25, -0.2) is 4.39 Å². The molecular weight excluding hydrogens is 443 g/mol. The molecule has 0 saturated carbocycles. The third kappa shape index (κ3) is 6.02. The first-order valence-electron chi connectivity index (χ1n) is 11.9. The zero-order chi connectivity index (χ0) is 25.9. The number of carbonyl (C=O) groups is 1. The molecule has 0 bridgehead atoms. The van der Waals surface area contributed by atoms with Crippen molar-refractivity contribution in [3.63, 3.8) is 0 Å². The molecule has 1 unspecified atom stereocenters. The Bertz CT molecular complexity index is 1200. The van der Waals surface area contributed by atoms with Gasteiger partial charge in [0.2, 0.25) is 0 Å². The predicted octanol–water partition coefficient (Wildman–Crippen LogP) is 7.76. The van der Waals surface area contributed by atoms with Gasteiger partial charge in [0.15, 0.2) is 0 Å². The third-order valence-electron chi connectivity index (χ3n) is 6.62. The molecule has 0 fully saturated rings. The lowest BCUT2D eigenvalue weighted by Gasteiger charge is -2.26. The van der Waals surface area contributed by atoms with E-state index in [2.05, 4.69) is 26.8 Å². The minimum atomic E-state index is -0.820. The number of hydrogen-bond acceptors (Lipinski definition) is 3. The van der Waals surface area contributed by atoms with Crippen LogP contribution in [0.5, 0.6) is 11.5 Å². The number of carboxylic acids is 1. The molecule has 0 aliphatic carbocycles. The smallest absolute Gasteiger partial charge is 0.306 e. The van der Waals surface area contributed by atoms with Crippen molar-refractivity contribution in [3.8, 4) is 22.6 Å². The maximum atomic E-state index is 14.8. The summed E-state index contributed by atoms with van der Waals surface area (Å²) in [5.41, 5.74) is 3.99. The van der Waals surface area contributed by atoms with Crippen LogP contribution in [-0.2, 0) is 10.2 Å². The van der Waals surface area contributed by atoms with Crippen molar-refractivity contribution in [2.45, 2.75) is 59.0 Å². The highest BCUT2D eigenvalue weighted by atomic mass is 19.1. The lowest BCUT2D eigenvalue weighted by atomic mass is 9.80. The van der Waals surface area contributed by atoms with E-state index in [1.165, 1.54) is 6.07 Å². The van der Waals surface area contributed by atoms with E-state index in [0.717, 1.165) is 22.3 Å². The lowest BCUT2D eigenvalue weighted by Crippen LogP contribution is -2.16. The Labute approximate surface area is 207 Å². The lowest BCUT2D eigenvalue weighted by molar-refractivity contribution is -0.141. The van der Waals surface area contributed by atoms with Crippen molar-refractivity contribution >= 4 is 5.97 Å². The number of hydrogen-bond donors (Lipinski definition) is 1. The van der Waals surface area contributed by atoms with Crippen LogP contribution in [0.15, 0.2) is 60.7 Å². The summed E-state index contributed by atoms with van der Waals surface area (Å²) in [5.74, 6) is -0.472. The fourth-order valence-electron chi connectivity index (χ4n) is 4.15. The summed E-state index contributed by atoms with van der Waals surface area (Å²) in [7, 11) is 1.57. The molecule has 0 amide bonds. The number of aliphatic carboxylic acids is 1. The molecule has 1 N–H and O–H groups in total. The highest BCUT2D eigenvalue weighted by Crippen LogP contribution is 2.38. The molecule has 0 heterocycles. The summed E-state index contributed by atoms with van der Waals surface area (Å²) in [6, 6.07) is 18.4. The Morgan fingerprint density at radius 3 is 2.23 bits per heavy atom. The van der Waals surface area contributed by atoms with Gasteiger partial charge in [0, 0.05) is 5.56 Å². The van der Waals surface area contributed by atoms with Crippen LogP contribution in [0.2, 0.25) is 0 Å². The summed E-state index contributed by atoms with van der Waals surface area (Å²) in [6.07, 6.45) is -0.261. The van der Waals surface area contributed by atoms with Crippen molar-refractivity contribution in [1.29, 1.82) is 0 Å². The Kier molecular flexibility index (Phi) is 7.89. The summed E-state index contributed by atoms with van der Waals surface area (Å²) in [6.45, 7) is 11.9. The first kappa shape index (κ1) is 26.3. The molecule has 0 aliphatic rings. The van der Waals surface area contributed by atoms with Crippen LogP contribution in [0, 0.1) is 11.7 Å². The number of ether oxygens (including phenoxy) is 2. The first-order valence-corrected chi connectivity index (χ1v) is 11.9. The fraction of sp³-hybridized carbons (Fsp3) is 0.367. The second-order valence-electron chi connectivity index (χ2n) is 10.1. The summed E-state index contributed by atoms with van der Waals surface area (Å²) in [5, 5.41) is 9.36. The predicted molar refractivity (Wildman–Crippen MR) is 138 cm³/mol. The van der Waals surface area contributed by atoms with Gasteiger partial charge in [-0.15, -0.1) is 0 Å². The highest BCUT2D eigenvalue weighted by Gasteiger charge is 2.24. The Morgan fingerprint density at radius 1 is 0.886 bits per heavy atom. The molecule has 4 nitrogen and oxygen atoms in total. The Balaban J connectivity index is 1.94. The van der Waals surface area contributed by atoms with Crippen molar-refractivity contribution in [2.24, 2.45) is 5.92 Å². The van der Waals surface area contributed by atoms with Gasteiger partial charge in [-0.1, -0.05) is 65.0 Å². The molecule has 3 aromatic rings. The largest absolute Gasteiger partial charge is 0.497 e. The summed E-state index contributed by atoms with van der Waals surface area (Å²) in [4.78, 5) is 11.4. The van der Waals surface area contributed by atoms with Gasteiger partial charge in [0.05, 0.1) is 13.0 Å². The molecular formula is C30H35FO4. The van der Waals surface area contributed by atoms with Crippen LogP contribution < -0.4 is 9.47 Å². The first-order chi connectivity index (χ1) is 16.4. The Morgan fingerprint density at radius 2 is 1.60 bits per heavy atom. The van der Waals surface area contributed by atoms with E-state index in [9.17, 15) is 14.3 Å². The SMILES string of the molecule is COc1ccc(F)c(-c2ccc([C@@H](C)Oc3cccc([C@@H](C)C(C)C(=O)O)c3)cc2C(C)(C)C)c1. The van der Waals surface area contributed by atoms with Crippen LogP contribution in [0.3, 0.4) is 0 Å². The molecule has 3 rings (SSSR count). The molecule has 0 aliphatic heterocycles. The van der Waals surface area contributed by atoms with E-state index in [-0.39, 0.29) is 23.3 Å². The molecule has 0 radical (unpaired) electrons. The molecule has 0 saturated heterocycles. The van der Waals surface area contributed by atoms with Gasteiger partial charge in [0.25, 0.3) is 0 Å². The quantitative estimate of drug-likeness (QED) is 0.359. The van der Waals surface area contributed by atoms with E-state index < -0.39 is 11.9 Å². The van der Waals surface area contributed by atoms with Gasteiger partial charge < -0.3 is 14.6 Å². The second-order valence-corrected chi connectivity index (χ2v) is 10.1. The highest BCUT2D eigenvalue weighted by molar-refractivity contribution is 5.72. The number of carboxylic acid groups (broad SMARTS) is 1. The van der Waals surface area contributed by atoms with Crippen LogP contribution >= 0.6 is 0 Å². The summed E-state index contributed by atoms with van der Waals surface area (Å²) >= 11 is 0. The topological polar surface area (TPSA) is 55.8 Å². The monoisotopic (exact) mass is 478 g/mol. The van der Waals surface area contributed by atoms with E-state index in [0.29, 0.717) is 17.1 Å². The number of halogens is 1. The zero-order valence-electron chi connectivity index (χ0n) is 21.6. The van der Waals surface area contributed by atoms with Crippen LogP contribution in [0.25, 0.3) is 11.1 Å². The molecule has 3 atom stereocenters. The zero-order valence-corrected chi connectivity index (χ0v) is 21.6. The normalized spacial score (nSPS) is 14.2. The van der Waals surface area contributed by atoms with Gasteiger partial charge in [-0.2, -0.15) is 0 Å². The van der Waals surface area contributed by atoms with Crippen LogP contribution in [-0.4, -0.2) is 18.2 Å². The van der Waals surface area contributed by atoms with Gasteiger partial charge in [0.1, 0.15) is 23.4 Å². The van der Waals surface area contributed by atoms with E-state index in [1.54, 1.807) is 26.2 Å². The molecule has 3 aromatic carbocycles. The standard InChI is InChI=1S/C30H35FO4/c1-18(19(2)29(32)33)21-9-8-10-24(15-21)35-20(3)22-11-13-25(27(16-22)30(4,5)6)26-17-23(34-7)12-14-28(26)31/h8-20H,1-7H3,(H,32,33)/t18-,19?,20+/m0/s1. The average Bonchev–Trinajstić information content (AvgIpc) is 2.82. The fourth-order valence-corrected chi connectivity index (χ4v) is 4.15. The van der Waals surface area contributed by atoms with Gasteiger partial charge >= 0.3 is 5.97 Å². The number of methoxy groups -OCH3 is 1. The molecule has 35 heavy (non-hydrogen) atoms. The number of benzene rings is 3. The average molecular weight is 479 g/mol. The Hall–Kier alpha value is -3.34. The molecule has 186 valence electrons. The van der Waals surface area contributed by atoms with Crippen molar-refractivity contribution in [1.82, 2.24) is 0 Å². The minimum absolute atomic E-state index is 0.143. The molecule has 0 aromatic heterocycles. The van der Waals surface area contributed by atoms with E-state index >= 15 is 0 Å². The van der Waals surface area contributed by atoms with Gasteiger partial charge in [-0.3, -0.25) is 4.79 Å². The van der Waals surface area contributed by atoms with E-state index in [4.69, 9.17) is 9.47 Å². The maximum Gasteiger partial charge on any atom is 0.306 e.